The first-order valence-corrected chi connectivity index (χ1v) is 7.65. The molecule has 1 aliphatic rings. The average molecular weight is 303 g/mol. The van der Waals surface area contributed by atoms with Crippen LogP contribution in [0.1, 0.15) is 36.5 Å². The van der Waals surface area contributed by atoms with Gasteiger partial charge in [0.1, 0.15) is 0 Å². The molecule has 1 saturated heterocycles. The molecule has 0 bridgehead atoms. The predicted molar refractivity (Wildman–Crippen MR) is 83.9 cm³/mol. The van der Waals surface area contributed by atoms with Crippen LogP contribution in [0.2, 0.25) is 0 Å². The van der Waals surface area contributed by atoms with Crippen LogP contribution >= 0.6 is 0 Å². The van der Waals surface area contributed by atoms with Crippen molar-refractivity contribution in [3.63, 3.8) is 0 Å². The summed E-state index contributed by atoms with van der Waals surface area (Å²) in [4.78, 5) is 28.9. The molecule has 3 rings (SSSR count). The highest BCUT2D eigenvalue weighted by atomic mass is 16.3. The maximum atomic E-state index is 12.7. The highest BCUT2D eigenvalue weighted by Crippen LogP contribution is 2.24. The summed E-state index contributed by atoms with van der Waals surface area (Å²) in [5.41, 5.74) is 1.84. The number of likely N-dealkylation sites (tertiary alicyclic amines) is 1. The number of nitrogens with one attached hydrogen (secondary N) is 1. The largest absolute Gasteiger partial charge is 0.393 e. The lowest BCUT2D eigenvalue weighted by molar-refractivity contribution is 0.0682. The van der Waals surface area contributed by atoms with Crippen molar-refractivity contribution in [1.82, 2.24) is 14.5 Å². The van der Waals surface area contributed by atoms with Gasteiger partial charge in [-0.2, -0.15) is 0 Å². The standard InChI is InChI=1S/C16H21N3O3/c1-10(20)8-12-4-3-7-19(12)15(21)11-5-6-14-13(9-11)17-16(22)18(14)2/h5-6,9-10,12,20H,3-4,7-8H2,1-2H3,(H,17,22). The number of hydrogen-bond donors (Lipinski definition) is 2. The molecule has 6 heteroatoms. The number of hydrogen-bond acceptors (Lipinski definition) is 3. The number of carbonyl (C=O) groups is 1. The molecule has 1 fully saturated rings. The monoisotopic (exact) mass is 303 g/mol. The fraction of sp³-hybridized carbons (Fsp3) is 0.500. The molecule has 1 aromatic heterocycles. The lowest BCUT2D eigenvalue weighted by atomic mass is 10.1. The predicted octanol–water partition coefficient (Wildman–Crippen LogP) is 1.24. The SMILES string of the molecule is CC(O)CC1CCCN1C(=O)c1ccc2c(c1)[nH]c(=O)n2C. The second-order valence-electron chi connectivity index (χ2n) is 6.10. The molecule has 6 nitrogen and oxygen atoms in total. The van der Waals surface area contributed by atoms with Gasteiger partial charge in [0.05, 0.1) is 17.1 Å². The Labute approximate surface area is 128 Å². The van der Waals surface area contributed by atoms with Crippen molar-refractivity contribution in [2.45, 2.75) is 38.3 Å². The summed E-state index contributed by atoms with van der Waals surface area (Å²) in [7, 11) is 1.70. The number of aromatic nitrogens is 2. The molecule has 2 aromatic rings. The molecule has 1 aliphatic heterocycles. The summed E-state index contributed by atoms with van der Waals surface area (Å²) in [5, 5.41) is 9.58. The van der Waals surface area contributed by atoms with E-state index in [-0.39, 0.29) is 17.6 Å². The highest BCUT2D eigenvalue weighted by molar-refractivity contribution is 5.97. The first-order valence-electron chi connectivity index (χ1n) is 7.65. The number of amides is 1. The van der Waals surface area contributed by atoms with Gasteiger partial charge in [0.2, 0.25) is 0 Å². The summed E-state index contributed by atoms with van der Waals surface area (Å²) in [5.74, 6) is -0.0326. The summed E-state index contributed by atoms with van der Waals surface area (Å²) in [6, 6.07) is 5.38. The molecule has 0 radical (unpaired) electrons. The summed E-state index contributed by atoms with van der Waals surface area (Å²) in [6.07, 6.45) is 2.09. The lowest BCUT2D eigenvalue weighted by Gasteiger charge is -2.25. The third-order valence-electron chi connectivity index (χ3n) is 4.40. The second-order valence-corrected chi connectivity index (χ2v) is 6.10. The highest BCUT2D eigenvalue weighted by Gasteiger charge is 2.30. The van der Waals surface area contributed by atoms with Gasteiger partial charge in [-0.05, 0) is 44.4 Å². The molecule has 2 atom stereocenters. The van der Waals surface area contributed by atoms with Crippen LogP contribution < -0.4 is 5.69 Å². The minimum Gasteiger partial charge on any atom is -0.393 e. The van der Waals surface area contributed by atoms with Crippen molar-refractivity contribution in [2.75, 3.05) is 6.54 Å². The Morgan fingerprint density at radius 2 is 2.27 bits per heavy atom. The quantitative estimate of drug-likeness (QED) is 0.895. The molecule has 0 spiro atoms. The van der Waals surface area contributed by atoms with E-state index in [0.717, 1.165) is 24.9 Å². The van der Waals surface area contributed by atoms with Gasteiger partial charge < -0.3 is 15.0 Å². The van der Waals surface area contributed by atoms with Gasteiger partial charge in [-0.15, -0.1) is 0 Å². The number of aryl methyl sites for hydroxylation is 1. The second kappa shape index (κ2) is 5.61. The molecule has 1 amide bonds. The molecular formula is C16H21N3O3. The van der Waals surface area contributed by atoms with Gasteiger partial charge in [0.25, 0.3) is 5.91 Å². The summed E-state index contributed by atoms with van der Waals surface area (Å²) in [6.45, 7) is 2.47. The van der Waals surface area contributed by atoms with Gasteiger partial charge in [-0.1, -0.05) is 0 Å². The number of carbonyl (C=O) groups excluding carboxylic acids is 1. The van der Waals surface area contributed by atoms with Crippen LogP contribution in [0.15, 0.2) is 23.0 Å². The number of aliphatic hydroxyl groups excluding tert-OH is 1. The molecule has 22 heavy (non-hydrogen) atoms. The molecule has 118 valence electrons. The van der Waals surface area contributed by atoms with Gasteiger partial charge in [0.15, 0.2) is 0 Å². The fourth-order valence-electron chi connectivity index (χ4n) is 3.28. The van der Waals surface area contributed by atoms with Crippen LogP contribution in [0.25, 0.3) is 11.0 Å². The Morgan fingerprint density at radius 3 is 3.00 bits per heavy atom. The number of imidazole rings is 1. The average Bonchev–Trinajstić information content (AvgIpc) is 3.03. The van der Waals surface area contributed by atoms with Gasteiger partial charge in [0, 0.05) is 25.2 Å². The summed E-state index contributed by atoms with van der Waals surface area (Å²) >= 11 is 0. The Hall–Kier alpha value is -2.08. The number of benzene rings is 1. The Balaban J connectivity index is 1.90. The lowest BCUT2D eigenvalue weighted by Crippen LogP contribution is -2.37. The van der Waals surface area contributed by atoms with Gasteiger partial charge in [-0.25, -0.2) is 4.79 Å². The van der Waals surface area contributed by atoms with Gasteiger partial charge >= 0.3 is 5.69 Å². The Bertz CT molecular complexity index is 760. The minimum atomic E-state index is -0.411. The smallest absolute Gasteiger partial charge is 0.326 e. The van der Waals surface area contributed by atoms with Crippen molar-refractivity contribution in [3.8, 4) is 0 Å². The van der Waals surface area contributed by atoms with Crippen LogP contribution in [-0.4, -0.2) is 44.2 Å². The van der Waals surface area contributed by atoms with Crippen LogP contribution in [-0.2, 0) is 7.05 Å². The van der Waals surface area contributed by atoms with E-state index < -0.39 is 6.10 Å². The molecule has 0 aliphatic carbocycles. The number of rotatable bonds is 3. The molecule has 1 aromatic carbocycles. The van der Waals surface area contributed by atoms with Crippen LogP contribution in [0.4, 0.5) is 0 Å². The van der Waals surface area contributed by atoms with E-state index in [4.69, 9.17) is 0 Å². The van der Waals surface area contributed by atoms with E-state index in [1.165, 1.54) is 4.57 Å². The zero-order valence-corrected chi connectivity index (χ0v) is 12.9. The van der Waals surface area contributed by atoms with E-state index in [1.54, 1.807) is 32.2 Å². The van der Waals surface area contributed by atoms with Crippen LogP contribution in [0.5, 0.6) is 0 Å². The van der Waals surface area contributed by atoms with Crippen molar-refractivity contribution < 1.29 is 9.90 Å². The summed E-state index contributed by atoms with van der Waals surface area (Å²) < 4.78 is 1.52. The number of aromatic amines is 1. The van der Waals surface area contributed by atoms with E-state index >= 15 is 0 Å². The molecule has 2 unspecified atom stereocenters. The van der Waals surface area contributed by atoms with E-state index in [0.29, 0.717) is 17.5 Å². The third kappa shape index (κ3) is 2.54. The first kappa shape index (κ1) is 14.8. The molecule has 2 N–H and O–H groups in total. The minimum absolute atomic E-state index is 0.0326. The molecule has 2 heterocycles. The van der Waals surface area contributed by atoms with Crippen LogP contribution in [0, 0.1) is 0 Å². The van der Waals surface area contributed by atoms with Crippen LogP contribution in [0.3, 0.4) is 0 Å². The molecule has 0 saturated carbocycles. The number of fused-ring (bicyclic) bond motifs is 1. The Kier molecular flexibility index (Phi) is 3.78. The maximum Gasteiger partial charge on any atom is 0.326 e. The number of aliphatic hydroxyl groups is 1. The Morgan fingerprint density at radius 1 is 1.50 bits per heavy atom. The third-order valence-corrected chi connectivity index (χ3v) is 4.40. The number of nitrogens with zero attached hydrogens (tertiary/aromatic N) is 2. The van der Waals surface area contributed by atoms with E-state index in [2.05, 4.69) is 4.98 Å². The first-order chi connectivity index (χ1) is 10.5. The van der Waals surface area contributed by atoms with Crippen molar-refractivity contribution in [3.05, 3.63) is 34.2 Å². The van der Waals surface area contributed by atoms with Crippen molar-refractivity contribution in [2.24, 2.45) is 7.05 Å². The maximum absolute atomic E-state index is 12.7. The zero-order valence-electron chi connectivity index (χ0n) is 12.9. The zero-order chi connectivity index (χ0) is 15.9. The molecular weight excluding hydrogens is 282 g/mol. The number of H-pyrrole nitrogens is 1. The topological polar surface area (TPSA) is 78.3 Å². The van der Waals surface area contributed by atoms with E-state index in [9.17, 15) is 14.7 Å². The van der Waals surface area contributed by atoms with Crippen molar-refractivity contribution >= 4 is 16.9 Å². The fourth-order valence-corrected chi connectivity index (χ4v) is 3.28. The van der Waals surface area contributed by atoms with E-state index in [1.807, 2.05) is 4.90 Å². The normalized spacial score (nSPS) is 19.8. The van der Waals surface area contributed by atoms with Gasteiger partial charge in [-0.3, -0.25) is 9.36 Å². The van der Waals surface area contributed by atoms with Crippen molar-refractivity contribution in [1.29, 1.82) is 0 Å².